The fraction of sp³-hybridized carbons (Fsp3) is 0.214. The highest BCUT2D eigenvalue weighted by Crippen LogP contribution is 2.25. The topological polar surface area (TPSA) is 58.6 Å². The van der Waals surface area contributed by atoms with Crippen LogP contribution in [0.3, 0.4) is 0 Å². The summed E-state index contributed by atoms with van der Waals surface area (Å²) in [5, 5.41) is 13.9. The number of rotatable bonds is 5. The lowest BCUT2D eigenvalue weighted by Gasteiger charge is -2.11. The molecule has 0 aliphatic carbocycles. The van der Waals surface area contributed by atoms with Crippen LogP contribution in [0, 0.1) is 0 Å². The molecule has 0 aliphatic rings. The van der Waals surface area contributed by atoms with Crippen LogP contribution < -0.4 is 10.1 Å². The maximum Gasteiger partial charge on any atom is 0.256 e. The molecule has 2 N–H and O–H groups in total. The number of benzene rings is 1. The summed E-state index contributed by atoms with van der Waals surface area (Å²) >= 11 is 4.78. The Bertz CT molecular complexity index is 612. The molecule has 1 amide bonds. The van der Waals surface area contributed by atoms with E-state index < -0.39 is 0 Å². The number of hydrogen-bond acceptors (Lipinski definition) is 4. The van der Waals surface area contributed by atoms with Crippen molar-refractivity contribution in [2.24, 2.45) is 0 Å². The van der Waals surface area contributed by atoms with Crippen LogP contribution in [0.25, 0.3) is 0 Å². The van der Waals surface area contributed by atoms with Gasteiger partial charge in [0.05, 0.1) is 22.6 Å². The van der Waals surface area contributed by atoms with Crippen molar-refractivity contribution in [3.8, 4) is 5.75 Å². The van der Waals surface area contributed by atoms with Crippen molar-refractivity contribution in [2.45, 2.75) is 13.5 Å². The second-order valence-electron chi connectivity index (χ2n) is 4.01. The largest absolute Gasteiger partial charge is 0.494 e. The molecule has 6 heteroatoms. The molecule has 20 heavy (non-hydrogen) atoms. The van der Waals surface area contributed by atoms with E-state index in [9.17, 15) is 9.90 Å². The summed E-state index contributed by atoms with van der Waals surface area (Å²) in [5.74, 6) is 0.450. The first kappa shape index (κ1) is 15.0. The van der Waals surface area contributed by atoms with E-state index in [0.717, 1.165) is 3.79 Å². The first-order valence-corrected chi connectivity index (χ1v) is 7.73. The molecule has 0 radical (unpaired) electrons. The number of carbonyl (C=O) groups is 1. The number of aliphatic hydroxyl groups excluding tert-OH is 1. The van der Waals surface area contributed by atoms with Gasteiger partial charge in [0.1, 0.15) is 5.75 Å². The number of anilines is 1. The molecule has 0 bridgehead atoms. The third kappa shape index (κ3) is 3.59. The molecule has 0 aliphatic heterocycles. The maximum atomic E-state index is 12.0. The van der Waals surface area contributed by atoms with Crippen LogP contribution in [0.1, 0.15) is 22.8 Å². The van der Waals surface area contributed by atoms with Gasteiger partial charge < -0.3 is 15.2 Å². The summed E-state index contributed by atoms with van der Waals surface area (Å²) < 4.78 is 6.31. The standard InChI is InChI=1S/C14H14BrNO3S/c1-2-19-12-4-3-11(5-9(12)7-17)16-14(18)10-6-13(15)20-8-10/h3-6,8,17H,2,7H2,1H3,(H,16,18). The quantitative estimate of drug-likeness (QED) is 0.860. The Hall–Kier alpha value is -1.37. The maximum absolute atomic E-state index is 12.0. The minimum absolute atomic E-state index is 0.136. The lowest BCUT2D eigenvalue weighted by atomic mass is 10.2. The SMILES string of the molecule is CCOc1ccc(NC(=O)c2csc(Br)c2)cc1CO. The monoisotopic (exact) mass is 355 g/mol. The Labute approximate surface area is 129 Å². The third-order valence-corrected chi connectivity index (χ3v) is 4.12. The van der Waals surface area contributed by atoms with E-state index in [2.05, 4.69) is 21.2 Å². The number of amides is 1. The van der Waals surface area contributed by atoms with Crippen LogP contribution in [-0.2, 0) is 6.61 Å². The fourth-order valence-electron chi connectivity index (χ4n) is 1.71. The van der Waals surface area contributed by atoms with Crippen molar-refractivity contribution in [1.82, 2.24) is 0 Å². The Kier molecular flexibility index (Phi) is 5.17. The fourth-order valence-corrected chi connectivity index (χ4v) is 2.85. The first-order valence-electron chi connectivity index (χ1n) is 6.06. The summed E-state index contributed by atoms with van der Waals surface area (Å²) in [6.07, 6.45) is 0. The van der Waals surface area contributed by atoms with Crippen LogP contribution in [0.15, 0.2) is 33.4 Å². The highest BCUT2D eigenvalue weighted by molar-refractivity contribution is 9.11. The number of aliphatic hydroxyl groups is 1. The van der Waals surface area contributed by atoms with Gasteiger partial charge in [0, 0.05) is 16.6 Å². The van der Waals surface area contributed by atoms with E-state index in [4.69, 9.17) is 4.74 Å². The van der Waals surface area contributed by atoms with Crippen molar-refractivity contribution in [1.29, 1.82) is 0 Å². The van der Waals surface area contributed by atoms with Crippen molar-refractivity contribution in [3.05, 3.63) is 44.6 Å². The summed E-state index contributed by atoms with van der Waals surface area (Å²) in [7, 11) is 0. The van der Waals surface area contributed by atoms with Crippen molar-refractivity contribution >= 4 is 38.9 Å². The molecule has 1 aromatic heterocycles. The number of halogens is 1. The van der Waals surface area contributed by atoms with Crippen LogP contribution in [0.4, 0.5) is 5.69 Å². The lowest BCUT2D eigenvalue weighted by Crippen LogP contribution is -2.11. The Morgan fingerprint density at radius 3 is 2.85 bits per heavy atom. The van der Waals surface area contributed by atoms with Crippen molar-refractivity contribution in [2.75, 3.05) is 11.9 Å². The van der Waals surface area contributed by atoms with E-state index in [1.54, 1.807) is 29.6 Å². The van der Waals surface area contributed by atoms with Gasteiger partial charge in [-0.15, -0.1) is 11.3 Å². The molecule has 0 unspecified atom stereocenters. The molecule has 1 heterocycles. The van der Waals surface area contributed by atoms with Crippen LogP contribution in [0.2, 0.25) is 0 Å². The number of thiophene rings is 1. The van der Waals surface area contributed by atoms with Gasteiger partial charge in [-0.3, -0.25) is 4.79 Å². The van der Waals surface area contributed by atoms with Gasteiger partial charge in [-0.05, 0) is 47.1 Å². The zero-order chi connectivity index (χ0) is 14.5. The van der Waals surface area contributed by atoms with Crippen LogP contribution >= 0.6 is 27.3 Å². The Morgan fingerprint density at radius 1 is 1.45 bits per heavy atom. The summed E-state index contributed by atoms with van der Waals surface area (Å²) in [6.45, 7) is 2.27. The highest BCUT2D eigenvalue weighted by Gasteiger charge is 2.10. The second-order valence-corrected chi connectivity index (χ2v) is 6.30. The first-order chi connectivity index (χ1) is 9.63. The molecule has 0 atom stereocenters. The summed E-state index contributed by atoms with van der Waals surface area (Å²) in [6, 6.07) is 6.98. The van der Waals surface area contributed by atoms with E-state index >= 15 is 0 Å². The summed E-state index contributed by atoms with van der Waals surface area (Å²) in [5.41, 5.74) is 1.88. The van der Waals surface area contributed by atoms with E-state index in [-0.39, 0.29) is 12.5 Å². The molecule has 0 fully saturated rings. The molecule has 2 aromatic rings. The Morgan fingerprint density at radius 2 is 2.25 bits per heavy atom. The van der Waals surface area contributed by atoms with Gasteiger partial charge >= 0.3 is 0 Å². The van der Waals surface area contributed by atoms with Gasteiger partial charge in [0.2, 0.25) is 0 Å². The molecule has 106 valence electrons. The van der Waals surface area contributed by atoms with Gasteiger partial charge in [-0.1, -0.05) is 0 Å². The van der Waals surface area contributed by atoms with Crippen LogP contribution in [0.5, 0.6) is 5.75 Å². The van der Waals surface area contributed by atoms with E-state index in [0.29, 0.717) is 29.2 Å². The van der Waals surface area contributed by atoms with Gasteiger partial charge in [0.25, 0.3) is 5.91 Å². The van der Waals surface area contributed by atoms with Crippen molar-refractivity contribution < 1.29 is 14.6 Å². The minimum atomic E-state index is -0.181. The molecule has 1 aromatic carbocycles. The van der Waals surface area contributed by atoms with Gasteiger partial charge in [0.15, 0.2) is 0 Å². The molecule has 0 spiro atoms. The number of ether oxygens (including phenoxy) is 1. The molecular formula is C14H14BrNO3S. The summed E-state index contributed by atoms with van der Waals surface area (Å²) in [4.78, 5) is 12.0. The Balaban J connectivity index is 2.15. The average Bonchev–Trinajstić information content (AvgIpc) is 2.87. The number of carbonyl (C=O) groups excluding carboxylic acids is 1. The normalized spacial score (nSPS) is 10.3. The second kappa shape index (κ2) is 6.88. The molecular weight excluding hydrogens is 342 g/mol. The molecule has 4 nitrogen and oxygen atoms in total. The third-order valence-electron chi connectivity index (χ3n) is 2.62. The van der Waals surface area contributed by atoms with E-state index in [1.165, 1.54) is 11.3 Å². The van der Waals surface area contributed by atoms with Crippen molar-refractivity contribution in [3.63, 3.8) is 0 Å². The van der Waals surface area contributed by atoms with Gasteiger partial charge in [-0.25, -0.2) is 0 Å². The van der Waals surface area contributed by atoms with Gasteiger partial charge in [-0.2, -0.15) is 0 Å². The average molecular weight is 356 g/mol. The highest BCUT2D eigenvalue weighted by atomic mass is 79.9. The predicted octanol–water partition coefficient (Wildman–Crippen LogP) is 3.65. The smallest absolute Gasteiger partial charge is 0.256 e. The van der Waals surface area contributed by atoms with Crippen LogP contribution in [-0.4, -0.2) is 17.6 Å². The minimum Gasteiger partial charge on any atom is -0.494 e. The number of nitrogens with one attached hydrogen (secondary N) is 1. The zero-order valence-electron chi connectivity index (χ0n) is 10.9. The molecule has 2 rings (SSSR count). The van der Waals surface area contributed by atoms with E-state index in [1.807, 2.05) is 6.92 Å². The zero-order valence-corrected chi connectivity index (χ0v) is 13.3. The number of hydrogen-bond donors (Lipinski definition) is 2. The molecule has 0 saturated carbocycles. The lowest BCUT2D eigenvalue weighted by molar-refractivity contribution is 0.102. The molecule has 0 saturated heterocycles. The predicted molar refractivity (Wildman–Crippen MR) is 83.5 cm³/mol.